The van der Waals surface area contributed by atoms with Crippen molar-refractivity contribution in [1.82, 2.24) is 0 Å². The summed E-state index contributed by atoms with van der Waals surface area (Å²) >= 11 is 0. The minimum Gasteiger partial charge on any atom is -0.496 e. The molecule has 0 aromatic heterocycles. The molecule has 0 saturated heterocycles. The zero-order valence-electron chi connectivity index (χ0n) is 18.2. The van der Waals surface area contributed by atoms with Crippen LogP contribution in [0.3, 0.4) is 0 Å². The first-order valence-electron chi connectivity index (χ1n) is 9.40. The summed E-state index contributed by atoms with van der Waals surface area (Å²) in [6.07, 6.45) is 7.03. The van der Waals surface area contributed by atoms with Crippen molar-refractivity contribution < 1.29 is 14.3 Å². The Morgan fingerprint density at radius 3 is 1.36 bits per heavy atom. The lowest BCUT2D eigenvalue weighted by atomic mass is 9.96. The summed E-state index contributed by atoms with van der Waals surface area (Å²) in [5.41, 5.74) is 8.74. The number of rotatable bonds is 6. The topological polar surface area (TPSA) is 35.5 Å². The third kappa shape index (κ3) is 4.36. The molecule has 0 amide bonds. The molecule has 0 atom stereocenters. The minimum atomic E-state index is -0.0421. The summed E-state index contributed by atoms with van der Waals surface area (Å²) in [6, 6.07) is 4.02. The molecule has 28 heavy (non-hydrogen) atoms. The summed E-state index contributed by atoms with van der Waals surface area (Å²) in [7, 11) is 3.35. The van der Waals surface area contributed by atoms with Crippen molar-refractivity contribution in [3.8, 4) is 11.5 Å². The Kier molecular flexibility index (Phi) is 6.85. The third-order valence-electron chi connectivity index (χ3n) is 5.49. The second-order valence-corrected chi connectivity index (χ2v) is 7.19. The highest BCUT2D eigenvalue weighted by atomic mass is 16.5. The quantitative estimate of drug-likeness (QED) is 0.592. The monoisotopic (exact) mass is 378 g/mol. The van der Waals surface area contributed by atoms with Crippen molar-refractivity contribution in [2.45, 2.75) is 41.5 Å². The molecule has 0 heterocycles. The highest BCUT2D eigenvalue weighted by Gasteiger charge is 2.10. The highest BCUT2D eigenvalue weighted by Crippen LogP contribution is 2.29. The Morgan fingerprint density at radius 2 is 1.04 bits per heavy atom. The SMILES string of the molecule is COc1cc(C)c(C=CC(=O)C=Cc2c(C)cc(OC)c(C)c2C)c(C)c1C. The van der Waals surface area contributed by atoms with E-state index in [1.54, 1.807) is 26.4 Å². The molecule has 0 N–H and O–H groups in total. The number of benzene rings is 2. The van der Waals surface area contributed by atoms with Gasteiger partial charge in [0, 0.05) is 0 Å². The van der Waals surface area contributed by atoms with E-state index < -0.39 is 0 Å². The van der Waals surface area contributed by atoms with Crippen molar-refractivity contribution >= 4 is 17.9 Å². The van der Waals surface area contributed by atoms with Gasteiger partial charge in [-0.25, -0.2) is 0 Å². The number of aryl methyl sites for hydroxylation is 2. The maximum absolute atomic E-state index is 12.4. The zero-order chi connectivity index (χ0) is 21.0. The largest absolute Gasteiger partial charge is 0.496 e. The van der Waals surface area contributed by atoms with Crippen LogP contribution >= 0.6 is 0 Å². The number of ether oxygens (including phenoxy) is 2. The molecule has 0 spiro atoms. The maximum Gasteiger partial charge on any atom is 0.178 e. The minimum absolute atomic E-state index is 0.0421. The normalized spacial score (nSPS) is 11.4. The van der Waals surface area contributed by atoms with Crippen LogP contribution in [0, 0.1) is 41.5 Å². The van der Waals surface area contributed by atoms with E-state index in [0.29, 0.717) is 0 Å². The van der Waals surface area contributed by atoms with Gasteiger partial charge < -0.3 is 9.47 Å². The molecule has 0 saturated carbocycles. The first kappa shape index (κ1) is 21.5. The molecule has 0 bridgehead atoms. The summed E-state index contributed by atoms with van der Waals surface area (Å²) in [6.45, 7) is 12.2. The molecule has 0 aliphatic carbocycles. The Labute approximate surface area is 168 Å². The standard InChI is InChI=1S/C25H30O3/c1-15-13-24(27-7)19(5)17(3)22(15)11-9-21(26)10-12-23-16(2)14-25(28-8)20(6)18(23)4/h9-14H,1-8H3. The Morgan fingerprint density at radius 1 is 0.679 bits per heavy atom. The molecule has 148 valence electrons. The van der Waals surface area contributed by atoms with Crippen molar-refractivity contribution in [3.63, 3.8) is 0 Å². The number of ketones is 1. The van der Waals surface area contributed by atoms with Crippen molar-refractivity contribution in [1.29, 1.82) is 0 Å². The van der Waals surface area contributed by atoms with E-state index in [0.717, 1.165) is 56.0 Å². The molecule has 2 rings (SSSR count). The number of carbonyl (C=O) groups is 1. The van der Waals surface area contributed by atoms with Crippen molar-refractivity contribution in [2.24, 2.45) is 0 Å². The predicted molar refractivity (Wildman–Crippen MR) is 117 cm³/mol. The summed E-state index contributed by atoms with van der Waals surface area (Å²) in [5, 5.41) is 0. The first-order chi connectivity index (χ1) is 13.2. The number of carbonyl (C=O) groups excluding carboxylic acids is 1. The van der Waals surface area contributed by atoms with Crippen LogP contribution in [0.2, 0.25) is 0 Å². The van der Waals surface area contributed by atoms with Gasteiger partial charge in [-0.05, 0) is 110 Å². The van der Waals surface area contributed by atoms with E-state index in [9.17, 15) is 4.79 Å². The smallest absolute Gasteiger partial charge is 0.178 e. The molecule has 2 aromatic carbocycles. The van der Waals surface area contributed by atoms with E-state index in [1.807, 2.05) is 52.0 Å². The Bertz CT molecular complexity index is 885. The average molecular weight is 379 g/mol. The fourth-order valence-electron chi connectivity index (χ4n) is 3.45. The van der Waals surface area contributed by atoms with E-state index in [2.05, 4.69) is 13.8 Å². The molecule has 2 aromatic rings. The summed E-state index contributed by atoms with van der Waals surface area (Å²) < 4.78 is 10.8. The van der Waals surface area contributed by atoms with Gasteiger partial charge in [-0.15, -0.1) is 0 Å². The van der Waals surface area contributed by atoms with Crippen molar-refractivity contribution in [3.05, 3.63) is 68.8 Å². The highest BCUT2D eigenvalue weighted by molar-refractivity contribution is 6.04. The lowest BCUT2D eigenvalue weighted by Gasteiger charge is -2.13. The van der Waals surface area contributed by atoms with Crippen molar-refractivity contribution in [2.75, 3.05) is 14.2 Å². The van der Waals surface area contributed by atoms with Gasteiger partial charge >= 0.3 is 0 Å². The number of methoxy groups -OCH3 is 2. The van der Waals surface area contributed by atoms with Gasteiger partial charge in [0.15, 0.2) is 5.78 Å². The second kappa shape index (κ2) is 8.92. The molecule has 0 aliphatic rings. The van der Waals surface area contributed by atoms with Crippen LogP contribution in [0.25, 0.3) is 12.2 Å². The van der Waals surface area contributed by atoms with E-state index in [-0.39, 0.29) is 5.78 Å². The predicted octanol–water partition coefficient (Wildman–Crippen LogP) is 5.85. The Balaban J connectivity index is 2.29. The van der Waals surface area contributed by atoms with Crippen LogP contribution in [-0.4, -0.2) is 20.0 Å². The number of allylic oxidation sites excluding steroid dienone is 2. The van der Waals surface area contributed by atoms with Gasteiger partial charge in [-0.3, -0.25) is 4.79 Å². The lowest BCUT2D eigenvalue weighted by molar-refractivity contribution is -0.110. The zero-order valence-corrected chi connectivity index (χ0v) is 18.2. The van der Waals surface area contributed by atoms with Crippen LogP contribution in [0.5, 0.6) is 11.5 Å². The molecule has 0 unspecified atom stereocenters. The fraction of sp³-hybridized carbons (Fsp3) is 0.320. The second-order valence-electron chi connectivity index (χ2n) is 7.19. The third-order valence-corrected chi connectivity index (χ3v) is 5.49. The maximum atomic E-state index is 12.4. The van der Waals surface area contributed by atoms with Gasteiger partial charge in [-0.2, -0.15) is 0 Å². The van der Waals surface area contributed by atoms with Gasteiger partial charge in [0.25, 0.3) is 0 Å². The fourth-order valence-corrected chi connectivity index (χ4v) is 3.45. The van der Waals surface area contributed by atoms with E-state index >= 15 is 0 Å². The summed E-state index contributed by atoms with van der Waals surface area (Å²) in [4.78, 5) is 12.4. The lowest BCUT2D eigenvalue weighted by Crippen LogP contribution is -1.97. The molecule has 0 radical (unpaired) electrons. The van der Waals surface area contributed by atoms with Crippen LogP contribution in [0.1, 0.15) is 44.5 Å². The van der Waals surface area contributed by atoms with E-state index in [4.69, 9.17) is 9.47 Å². The molecule has 3 heteroatoms. The molecule has 3 nitrogen and oxygen atoms in total. The first-order valence-corrected chi connectivity index (χ1v) is 9.40. The van der Waals surface area contributed by atoms with Crippen LogP contribution in [-0.2, 0) is 4.79 Å². The molecular weight excluding hydrogens is 348 g/mol. The van der Waals surface area contributed by atoms with Gasteiger partial charge in [0.1, 0.15) is 11.5 Å². The average Bonchev–Trinajstić information content (AvgIpc) is 2.67. The summed E-state index contributed by atoms with van der Waals surface area (Å²) in [5.74, 6) is 1.71. The van der Waals surface area contributed by atoms with Gasteiger partial charge in [-0.1, -0.05) is 12.2 Å². The molecule has 0 aliphatic heterocycles. The van der Waals surface area contributed by atoms with Gasteiger partial charge in [0.2, 0.25) is 0 Å². The number of hydrogen-bond acceptors (Lipinski definition) is 3. The molecular formula is C25H30O3. The number of hydrogen-bond donors (Lipinski definition) is 0. The van der Waals surface area contributed by atoms with Crippen LogP contribution in [0.15, 0.2) is 24.3 Å². The molecule has 0 fully saturated rings. The Hall–Kier alpha value is -2.81. The van der Waals surface area contributed by atoms with E-state index in [1.165, 1.54) is 0 Å². The van der Waals surface area contributed by atoms with Crippen LogP contribution in [0.4, 0.5) is 0 Å². The van der Waals surface area contributed by atoms with Gasteiger partial charge in [0.05, 0.1) is 14.2 Å². The van der Waals surface area contributed by atoms with Crippen LogP contribution < -0.4 is 9.47 Å².